The lowest BCUT2D eigenvalue weighted by molar-refractivity contribution is -0.142. The molecule has 0 bridgehead atoms. The highest BCUT2D eigenvalue weighted by Gasteiger charge is 2.13. The minimum Gasteiger partial charge on any atom is -0.463 e. The van der Waals surface area contributed by atoms with E-state index in [0.29, 0.717) is 0 Å². The van der Waals surface area contributed by atoms with Gasteiger partial charge in [0.25, 0.3) is 0 Å². The summed E-state index contributed by atoms with van der Waals surface area (Å²) in [7, 11) is 0. The Morgan fingerprint density at radius 2 is 1.94 bits per heavy atom. The molecule has 0 spiro atoms. The van der Waals surface area contributed by atoms with E-state index in [9.17, 15) is 9.59 Å². The first-order valence-electron chi connectivity index (χ1n) is 5.05. The van der Waals surface area contributed by atoms with E-state index in [-0.39, 0.29) is 26.0 Å². The van der Waals surface area contributed by atoms with Crippen LogP contribution in [0.5, 0.6) is 0 Å². The summed E-state index contributed by atoms with van der Waals surface area (Å²) in [4.78, 5) is 21.8. The Hall–Kier alpha value is -1.84. The second-order valence-electron chi connectivity index (χ2n) is 3.47. The highest BCUT2D eigenvalue weighted by Crippen LogP contribution is 2.12. The fourth-order valence-electron chi connectivity index (χ4n) is 1.35. The minimum atomic E-state index is -0.355. The van der Waals surface area contributed by atoms with Crippen LogP contribution in [0.15, 0.2) is 30.3 Å². The van der Waals surface area contributed by atoms with E-state index < -0.39 is 0 Å². The van der Waals surface area contributed by atoms with Crippen molar-refractivity contribution in [2.24, 2.45) is 0 Å². The molecule has 4 nitrogen and oxygen atoms in total. The summed E-state index contributed by atoms with van der Waals surface area (Å²) in [6.45, 7) is 2.93. The van der Waals surface area contributed by atoms with Gasteiger partial charge >= 0.3 is 5.97 Å². The van der Waals surface area contributed by atoms with Crippen LogP contribution in [0.3, 0.4) is 0 Å². The van der Waals surface area contributed by atoms with Crippen molar-refractivity contribution in [1.82, 2.24) is 5.32 Å². The number of carbonyl (C=O) groups is 2. The van der Waals surface area contributed by atoms with Crippen LogP contribution in [0.25, 0.3) is 0 Å². The van der Waals surface area contributed by atoms with Crippen molar-refractivity contribution < 1.29 is 15.8 Å². The molecule has 1 rings (SSSR count). The molecule has 0 fully saturated rings. The van der Waals surface area contributed by atoms with Crippen molar-refractivity contribution in [3.05, 3.63) is 35.9 Å². The molecule has 0 aliphatic rings. The fraction of sp³-hybridized carbons (Fsp3) is 0.333. The van der Waals surface area contributed by atoms with Crippen molar-refractivity contribution >= 4 is 11.9 Å². The quantitative estimate of drug-likeness (QED) is 0.790. The molecule has 0 radical (unpaired) electrons. The van der Waals surface area contributed by atoms with Gasteiger partial charge < -0.3 is 10.1 Å². The van der Waals surface area contributed by atoms with Crippen LogP contribution in [0, 0.1) is 0 Å². The zero-order valence-electron chi connectivity index (χ0n) is 9.40. The van der Waals surface area contributed by atoms with Gasteiger partial charge in [0.15, 0.2) is 0 Å². The van der Waals surface area contributed by atoms with E-state index in [4.69, 9.17) is 4.74 Å². The molecular formula is C12H17NO3. The van der Waals surface area contributed by atoms with Crippen LogP contribution in [0.2, 0.25) is 0 Å². The number of nitrogens with one attached hydrogen (secondary N) is 1. The monoisotopic (exact) mass is 223 g/mol. The van der Waals surface area contributed by atoms with Gasteiger partial charge in [-0.2, -0.15) is 0 Å². The van der Waals surface area contributed by atoms with Crippen molar-refractivity contribution in [2.45, 2.75) is 19.9 Å². The summed E-state index contributed by atoms with van der Waals surface area (Å²) in [5.74, 6) is -0.507. The van der Waals surface area contributed by atoms with Crippen LogP contribution in [-0.2, 0) is 14.3 Å². The second kappa shape index (κ2) is 5.90. The Bertz CT molecular complexity index is 367. The molecule has 0 saturated carbocycles. The number of rotatable bonds is 4. The van der Waals surface area contributed by atoms with E-state index in [1.807, 2.05) is 30.3 Å². The number of carbonyl (C=O) groups excluding carboxylic acids is 2. The molecule has 16 heavy (non-hydrogen) atoms. The first kappa shape index (κ1) is 12.2. The van der Waals surface area contributed by atoms with Crippen molar-refractivity contribution in [2.75, 3.05) is 6.61 Å². The summed E-state index contributed by atoms with van der Waals surface area (Å²) >= 11 is 0. The van der Waals surface area contributed by atoms with E-state index in [0.717, 1.165) is 5.56 Å². The minimum absolute atomic E-state index is 0. The largest absolute Gasteiger partial charge is 0.463 e. The Balaban J connectivity index is 0.00000256. The Labute approximate surface area is 96.1 Å². The molecule has 1 atom stereocenters. The molecule has 0 heterocycles. The lowest BCUT2D eigenvalue weighted by Crippen LogP contribution is -2.30. The average Bonchev–Trinajstić information content (AvgIpc) is 2.25. The third kappa shape index (κ3) is 4.13. The Kier molecular flexibility index (Phi) is 4.51. The van der Waals surface area contributed by atoms with Crippen molar-refractivity contribution in [1.29, 1.82) is 0 Å². The Morgan fingerprint density at radius 3 is 2.44 bits per heavy atom. The lowest BCUT2D eigenvalue weighted by Gasteiger charge is -2.17. The number of hydrogen-bond donors (Lipinski definition) is 1. The van der Waals surface area contributed by atoms with Crippen LogP contribution in [0.1, 0.15) is 26.9 Å². The summed E-state index contributed by atoms with van der Waals surface area (Å²) < 4.78 is 4.91. The summed E-state index contributed by atoms with van der Waals surface area (Å²) in [6, 6.07) is 9.10. The van der Waals surface area contributed by atoms with Gasteiger partial charge in [0, 0.05) is 15.3 Å². The van der Waals surface area contributed by atoms with Crippen LogP contribution < -0.4 is 5.32 Å². The van der Waals surface area contributed by atoms with Gasteiger partial charge in [-0.05, 0) is 5.56 Å². The smallest absolute Gasteiger partial charge is 0.302 e. The number of ether oxygens (including phenoxy) is 1. The zero-order chi connectivity index (χ0) is 12.0. The molecule has 0 aromatic heterocycles. The second-order valence-corrected chi connectivity index (χ2v) is 3.47. The molecule has 88 valence electrons. The van der Waals surface area contributed by atoms with E-state index in [1.54, 1.807) is 0 Å². The number of amides is 1. The maximum absolute atomic E-state index is 11.0. The van der Waals surface area contributed by atoms with Crippen molar-refractivity contribution in [3.63, 3.8) is 0 Å². The molecule has 4 heteroatoms. The molecule has 0 aliphatic carbocycles. The van der Waals surface area contributed by atoms with Gasteiger partial charge in [0.05, 0.1) is 6.04 Å². The van der Waals surface area contributed by atoms with E-state index in [1.165, 1.54) is 13.8 Å². The molecule has 1 aromatic rings. The molecule has 0 aliphatic heterocycles. The third-order valence-corrected chi connectivity index (χ3v) is 2.03. The highest BCUT2D eigenvalue weighted by atomic mass is 16.5. The predicted octanol–water partition coefficient (Wildman–Crippen LogP) is 1.67. The van der Waals surface area contributed by atoms with E-state index >= 15 is 0 Å². The SMILES string of the molecule is CC(=O)N[C@@H](COC(C)=O)c1ccccc1.[HH]. The first-order chi connectivity index (χ1) is 7.59. The van der Waals surface area contributed by atoms with Crippen LogP contribution >= 0.6 is 0 Å². The standard InChI is InChI=1S/C12H15NO3.H2/c1-9(14)13-12(8-16-10(2)15)11-6-4-3-5-7-11;/h3-7,12H,8H2,1-2H3,(H,13,14);1H/t12-;/m0./s1. The van der Waals surface area contributed by atoms with Gasteiger partial charge in [0.1, 0.15) is 6.61 Å². The molecule has 0 saturated heterocycles. The van der Waals surface area contributed by atoms with Gasteiger partial charge in [-0.25, -0.2) is 0 Å². The summed E-state index contributed by atoms with van der Waals surface area (Å²) in [5, 5.41) is 2.74. The molecule has 1 N–H and O–H groups in total. The lowest BCUT2D eigenvalue weighted by atomic mass is 10.1. The third-order valence-electron chi connectivity index (χ3n) is 2.03. The van der Waals surface area contributed by atoms with Gasteiger partial charge in [-0.1, -0.05) is 30.3 Å². The number of benzene rings is 1. The summed E-state index contributed by atoms with van der Waals surface area (Å²) in [6.07, 6.45) is 0. The maximum atomic E-state index is 11.0. The number of esters is 1. The van der Waals surface area contributed by atoms with E-state index in [2.05, 4.69) is 5.32 Å². The van der Waals surface area contributed by atoms with Crippen molar-refractivity contribution in [3.8, 4) is 0 Å². The fourth-order valence-corrected chi connectivity index (χ4v) is 1.35. The normalized spacial score (nSPS) is 11.6. The molecule has 0 unspecified atom stereocenters. The first-order valence-corrected chi connectivity index (χ1v) is 5.05. The zero-order valence-corrected chi connectivity index (χ0v) is 9.40. The van der Waals surface area contributed by atoms with Gasteiger partial charge in [-0.15, -0.1) is 0 Å². The van der Waals surface area contributed by atoms with Crippen LogP contribution in [0.4, 0.5) is 0 Å². The van der Waals surface area contributed by atoms with Gasteiger partial charge in [-0.3, -0.25) is 9.59 Å². The number of hydrogen-bond acceptors (Lipinski definition) is 3. The molecular weight excluding hydrogens is 206 g/mol. The molecule has 1 aromatic carbocycles. The predicted molar refractivity (Wildman–Crippen MR) is 61.7 cm³/mol. The summed E-state index contributed by atoms with van der Waals surface area (Å²) in [5.41, 5.74) is 0.916. The van der Waals surface area contributed by atoms with Crippen LogP contribution in [-0.4, -0.2) is 18.5 Å². The molecule has 1 amide bonds. The topological polar surface area (TPSA) is 55.4 Å². The maximum Gasteiger partial charge on any atom is 0.302 e. The average molecular weight is 223 g/mol. The van der Waals surface area contributed by atoms with Gasteiger partial charge in [0.2, 0.25) is 5.91 Å². The highest BCUT2D eigenvalue weighted by molar-refractivity contribution is 5.73. The Morgan fingerprint density at radius 1 is 1.31 bits per heavy atom.